The van der Waals surface area contributed by atoms with Crippen LogP contribution in [-0.2, 0) is 9.59 Å². The Balaban J connectivity index is 2.54. The maximum atomic E-state index is 11.7. The third-order valence-corrected chi connectivity index (χ3v) is 3.17. The molecule has 1 amide bonds. The number of hydrogen-bond acceptors (Lipinski definition) is 3. The first-order chi connectivity index (χ1) is 7.96. The zero-order valence-electron chi connectivity index (χ0n) is 10.6. The Labute approximate surface area is 102 Å². The Kier molecular flexibility index (Phi) is 4.93. The van der Waals surface area contributed by atoms with Gasteiger partial charge in [0.1, 0.15) is 5.54 Å². The van der Waals surface area contributed by atoms with Gasteiger partial charge in [-0.25, -0.2) is 4.79 Å². The average molecular weight is 242 g/mol. The molecular formula is C12H22N2O3. The lowest BCUT2D eigenvalue weighted by molar-refractivity contribution is -0.149. The zero-order valence-corrected chi connectivity index (χ0v) is 10.6. The Morgan fingerprint density at radius 2 is 1.82 bits per heavy atom. The summed E-state index contributed by atoms with van der Waals surface area (Å²) >= 11 is 0. The van der Waals surface area contributed by atoms with Gasteiger partial charge in [0.15, 0.2) is 0 Å². The summed E-state index contributed by atoms with van der Waals surface area (Å²) in [6.07, 6.45) is 3.86. The quantitative estimate of drug-likeness (QED) is 0.669. The second-order valence-corrected chi connectivity index (χ2v) is 5.03. The number of nitrogens with one attached hydrogen (secondary N) is 2. The van der Waals surface area contributed by atoms with E-state index in [2.05, 4.69) is 10.6 Å². The van der Waals surface area contributed by atoms with E-state index in [9.17, 15) is 14.7 Å². The molecule has 0 aromatic rings. The number of carboxylic acids is 1. The van der Waals surface area contributed by atoms with Crippen molar-refractivity contribution < 1.29 is 14.7 Å². The molecule has 0 radical (unpaired) electrons. The number of carbonyl (C=O) groups is 2. The molecular weight excluding hydrogens is 220 g/mol. The average Bonchev–Trinajstić information content (AvgIpc) is 2.27. The number of carboxylic acid groups (broad SMARTS) is 1. The van der Waals surface area contributed by atoms with Gasteiger partial charge >= 0.3 is 5.97 Å². The van der Waals surface area contributed by atoms with Crippen LogP contribution in [-0.4, -0.2) is 35.1 Å². The van der Waals surface area contributed by atoms with Crippen LogP contribution in [0.4, 0.5) is 0 Å². The molecule has 0 saturated heterocycles. The maximum absolute atomic E-state index is 11.7. The normalized spacial score (nSPS) is 19.0. The molecule has 1 aliphatic carbocycles. The van der Waals surface area contributed by atoms with Crippen LogP contribution in [0, 0.1) is 0 Å². The Morgan fingerprint density at radius 1 is 1.24 bits per heavy atom. The van der Waals surface area contributed by atoms with Gasteiger partial charge in [0.2, 0.25) is 5.91 Å². The minimum absolute atomic E-state index is 0.173. The van der Waals surface area contributed by atoms with E-state index in [4.69, 9.17) is 0 Å². The van der Waals surface area contributed by atoms with Gasteiger partial charge in [-0.15, -0.1) is 0 Å². The van der Waals surface area contributed by atoms with E-state index in [1.807, 2.05) is 13.8 Å². The van der Waals surface area contributed by atoms with Crippen LogP contribution in [0.3, 0.4) is 0 Å². The van der Waals surface area contributed by atoms with Crippen LogP contribution in [0.1, 0.15) is 46.0 Å². The first kappa shape index (κ1) is 14.0. The number of hydrogen-bond donors (Lipinski definition) is 3. The number of carbonyl (C=O) groups excluding carboxylic acids is 1. The van der Waals surface area contributed by atoms with Gasteiger partial charge in [-0.2, -0.15) is 0 Å². The molecule has 98 valence electrons. The minimum atomic E-state index is -1.03. The highest BCUT2D eigenvalue weighted by Gasteiger charge is 2.40. The first-order valence-corrected chi connectivity index (χ1v) is 6.24. The molecule has 0 heterocycles. The van der Waals surface area contributed by atoms with Crippen molar-refractivity contribution in [1.29, 1.82) is 0 Å². The van der Waals surface area contributed by atoms with Crippen molar-refractivity contribution in [2.75, 3.05) is 6.54 Å². The molecule has 0 spiro atoms. The summed E-state index contributed by atoms with van der Waals surface area (Å²) in [4.78, 5) is 23.0. The second kappa shape index (κ2) is 6.00. The maximum Gasteiger partial charge on any atom is 0.329 e. The summed E-state index contributed by atoms with van der Waals surface area (Å²) in [5.74, 6) is -1.14. The molecule has 0 bridgehead atoms. The van der Waals surface area contributed by atoms with Crippen molar-refractivity contribution in [2.45, 2.75) is 57.5 Å². The molecule has 0 aromatic carbocycles. The van der Waals surface area contributed by atoms with Crippen LogP contribution in [0.25, 0.3) is 0 Å². The molecule has 0 unspecified atom stereocenters. The summed E-state index contributed by atoms with van der Waals surface area (Å²) in [5, 5.41) is 15.0. The summed E-state index contributed by atoms with van der Waals surface area (Å²) in [6.45, 7) is 4.06. The third-order valence-electron chi connectivity index (χ3n) is 3.17. The van der Waals surface area contributed by atoms with Crippen molar-refractivity contribution in [3.8, 4) is 0 Å². The fourth-order valence-corrected chi connectivity index (χ4v) is 2.16. The lowest BCUT2D eigenvalue weighted by Gasteiger charge is -2.34. The molecule has 1 saturated carbocycles. The van der Waals surface area contributed by atoms with Crippen LogP contribution in [0.2, 0.25) is 0 Å². The smallest absolute Gasteiger partial charge is 0.329 e. The number of rotatable bonds is 5. The first-order valence-electron chi connectivity index (χ1n) is 6.24. The molecule has 0 aromatic heterocycles. The van der Waals surface area contributed by atoms with Crippen LogP contribution in [0.5, 0.6) is 0 Å². The van der Waals surface area contributed by atoms with Crippen molar-refractivity contribution >= 4 is 11.9 Å². The van der Waals surface area contributed by atoms with Crippen molar-refractivity contribution in [3.63, 3.8) is 0 Å². The van der Waals surface area contributed by atoms with E-state index in [0.717, 1.165) is 19.3 Å². The number of aliphatic carboxylic acids is 1. The zero-order chi connectivity index (χ0) is 12.9. The van der Waals surface area contributed by atoms with Gasteiger partial charge in [-0.3, -0.25) is 4.79 Å². The van der Waals surface area contributed by atoms with E-state index < -0.39 is 11.5 Å². The predicted octanol–water partition coefficient (Wildman–Crippen LogP) is 0.888. The summed E-state index contributed by atoms with van der Waals surface area (Å²) < 4.78 is 0. The molecule has 5 heteroatoms. The van der Waals surface area contributed by atoms with Crippen LogP contribution < -0.4 is 10.6 Å². The summed E-state index contributed by atoms with van der Waals surface area (Å²) in [6, 6.07) is 0.216. The molecule has 3 N–H and O–H groups in total. The summed E-state index contributed by atoms with van der Waals surface area (Å²) in [5.41, 5.74) is -1.03. The van der Waals surface area contributed by atoms with Gasteiger partial charge in [-0.05, 0) is 12.8 Å². The molecule has 1 rings (SSSR count). The second-order valence-electron chi connectivity index (χ2n) is 5.03. The molecule has 17 heavy (non-hydrogen) atoms. The van der Waals surface area contributed by atoms with Gasteiger partial charge in [0, 0.05) is 6.04 Å². The van der Waals surface area contributed by atoms with Crippen molar-refractivity contribution in [3.05, 3.63) is 0 Å². The molecule has 0 atom stereocenters. The molecule has 5 nitrogen and oxygen atoms in total. The number of amides is 1. The van der Waals surface area contributed by atoms with Crippen molar-refractivity contribution in [2.24, 2.45) is 0 Å². The Hall–Kier alpha value is -1.10. The third kappa shape index (κ3) is 4.00. The fourth-order valence-electron chi connectivity index (χ4n) is 2.16. The van der Waals surface area contributed by atoms with E-state index in [0.29, 0.717) is 12.8 Å². The fraction of sp³-hybridized carbons (Fsp3) is 0.833. The lowest BCUT2D eigenvalue weighted by atomic mass is 9.81. The standard InChI is InChI=1S/C12H22N2O3/c1-9(2)13-8-10(15)14-12(11(16)17)6-4-3-5-7-12/h9,13H,3-8H2,1-2H3,(H,14,15)(H,16,17). The van der Waals surface area contributed by atoms with E-state index in [-0.39, 0.29) is 18.5 Å². The molecule has 0 aliphatic heterocycles. The lowest BCUT2D eigenvalue weighted by Crippen LogP contribution is -2.57. The highest BCUT2D eigenvalue weighted by Crippen LogP contribution is 2.28. The van der Waals surface area contributed by atoms with Gasteiger partial charge in [0.05, 0.1) is 6.54 Å². The Morgan fingerprint density at radius 3 is 2.29 bits per heavy atom. The van der Waals surface area contributed by atoms with Crippen molar-refractivity contribution in [1.82, 2.24) is 10.6 Å². The topological polar surface area (TPSA) is 78.4 Å². The Bertz CT molecular complexity index is 283. The van der Waals surface area contributed by atoms with Crippen LogP contribution in [0.15, 0.2) is 0 Å². The van der Waals surface area contributed by atoms with Gasteiger partial charge in [-0.1, -0.05) is 33.1 Å². The van der Waals surface area contributed by atoms with E-state index in [1.165, 1.54) is 0 Å². The van der Waals surface area contributed by atoms with E-state index >= 15 is 0 Å². The molecule has 1 fully saturated rings. The largest absolute Gasteiger partial charge is 0.480 e. The minimum Gasteiger partial charge on any atom is -0.480 e. The van der Waals surface area contributed by atoms with E-state index in [1.54, 1.807) is 0 Å². The monoisotopic (exact) mass is 242 g/mol. The van der Waals surface area contributed by atoms with Crippen LogP contribution >= 0.6 is 0 Å². The predicted molar refractivity (Wildman–Crippen MR) is 64.7 cm³/mol. The molecule has 1 aliphatic rings. The van der Waals surface area contributed by atoms with Gasteiger partial charge in [0.25, 0.3) is 0 Å². The highest BCUT2D eigenvalue weighted by molar-refractivity contribution is 5.88. The highest BCUT2D eigenvalue weighted by atomic mass is 16.4. The van der Waals surface area contributed by atoms with Gasteiger partial charge < -0.3 is 15.7 Å². The summed E-state index contributed by atoms with van der Waals surface area (Å²) in [7, 11) is 0. The SMILES string of the molecule is CC(C)NCC(=O)NC1(C(=O)O)CCCCC1.